The number of alkyl halides is 3. The zero-order chi connectivity index (χ0) is 30.3. The molecule has 1 N–H and O–H groups in total. The van der Waals surface area contributed by atoms with Crippen molar-refractivity contribution >= 4 is 35.1 Å². The maximum absolute atomic E-state index is 15.3. The summed E-state index contributed by atoms with van der Waals surface area (Å²) in [6.07, 6.45) is -3.22. The summed E-state index contributed by atoms with van der Waals surface area (Å²) in [6.45, 7) is 1.57. The summed E-state index contributed by atoms with van der Waals surface area (Å²) >= 11 is 11.9. The number of carbonyl (C=O) groups is 2. The predicted octanol–water partition coefficient (Wildman–Crippen LogP) is 6.57. The normalized spacial score (nSPS) is 22.9. The Morgan fingerprint density at radius 3 is 2.29 bits per heavy atom. The van der Waals surface area contributed by atoms with Gasteiger partial charge in [-0.1, -0.05) is 23.2 Å². The molecule has 7 nitrogen and oxygen atoms in total. The topological polar surface area (TPSA) is 79.3 Å². The average molecular weight is 633 g/mol. The molecular formula is C29H30Cl2F4N2O5. The van der Waals surface area contributed by atoms with Crippen LogP contribution in [0.4, 0.5) is 17.6 Å². The minimum atomic E-state index is -4.54. The van der Waals surface area contributed by atoms with Crippen LogP contribution in [0, 0.1) is 5.82 Å². The highest BCUT2D eigenvalue weighted by molar-refractivity contribution is 6.34. The molecule has 2 aliphatic heterocycles. The molecule has 3 fully saturated rings. The molecule has 13 heteroatoms. The summed E-state index contributed by atoms with van der Waals surface area (Å²) in [5.41, 5.74) is 1.07. The highest BCUT2D eigenvalue weighted by atomic mass is 35.5. The SMILES string of the molecule is C[C@H]1OCN(C(=O)c2cc(C3CC3)c(COC3CCN([C@H](c4cc(Cl)cc(Cl)c4)C(F)(F)F)CC3)cc2F)[C@@H]1C(=O)O. The molecule has 1 saturated carbocycles. The van der Waals surface area contributed by atoms with Crippen molar-refractivity contribution in [2.24, 2.45) is 0 Å². The number of piperidine rings is 1. The molecule has 2 aromatic carbocycles. The minimum absolute atomic E-state index is 0.0248. The maximum Gasteiger partial charge on any atom is 0.408 e. The number of likely N-dealkylation sites (tertiary alicyclic amines) is 1. The third-order valence-corrected chi connectivity index (χ3v) is 8.51. The van der Waals surface area contributed by atoms with Gasteiger partial charge in [-0.25, -0.2) is 9.18 Å². The smallest absolute Gasteiger partial charge is 0.408 e. The molecule has 0 bridgehead atoms. The number of halogens is 6. The summed E-state index contributed by atoms with van der Waals surface area (Å²) in [7, 11) is 0. The number of carbonyl (C=O) groups excluding carboxylic acids is 1. The van der Waals surface area contributed by atoms with Gasteiger partial charge in [0, 0.05) is 23.1 Å². The maximum atomic E-state index is 15.3. The molecule has 3 atom stereocenters. The number of carboxylic acid groups (broad SMARTS) is 1. The molecule has 2 aromatic rings. The Balaban J connectivity index is 1.26. The fraction of sp³-hybridized carbons (Fsp3) is 0.517. The number of rotatable bonds is 8. The first kappa shape index (κ1) is 31.0. The van der Waals surface area contributed by atoms with Gasteiger partial charge in [0.15, 0.2) is 6.04 Å². The van der Waals surface area contributed by atoms with E-state index in [0.717, 1.165) is 23.3 Å². The first-order valence-electron chi connectivity index (χ1n) is 13.7. The molecule has 3 aliphatic rings. The molecule has 2 saturated heterocycles. The van der Waals surface area contributed by atoms with Crippen molar-refractivity contribution in [3.63, 3.8) is 0 Å². The fourth-order valence-corrected chi connectivity index (χ4v) is 6.38. The van der Waals surface area contributed by atoms with Crippen LogP contribution in [0.25, 0.3) is 0 Å². The largest absolute Gasteiger partial charge is 0.480 e. The van der Waals surface area contributed by atoms with Crippen LogP contribution in [0.2, 0.25) is 10.0 Å². The molecule has 1 aliphatic carbocycles. The number of aliphatic carboxylic acids is 1. The van der Waals surface area contributed by atoms with Crippen LogP contribution in [-0.2, 0) is 20.9 Å². The van der Waals surface area contributed by atoms with E-state index in [4.69, 9.17) is 32.7 Å². The van der Waals surface area contributed by atoms with Gasteiger partial charge in [-0.15, -0.1) is 0 Å². The van der Waals surface area contributed by atoms with Crippen LogP contribution in [0.3, 0.4) is 0 Å². The van der Waals surface area contributed by atoms with E-state index in [1.165, 1.54) is 35.2 Å². The molecule has 5 rings (SSSR count). The lowest BCUT2D eigenvalue weighted by Crippen LogP contribution is -2.44. The van der Waals surface area contributed by atoms with Crippen LogP contribution < -0.4 is 0 Å². The van der Waals surface area contributed by atoms with Crippen molar-refractivity contribution in [2.75, 3.05) is 19.8 Å². The number of hydrogen-bond acceptors (Lipinski definition) is 5. The number of hydrogen-bond donors (Lipinski definition) is 1. The van der Waals surface area contributed by atoms with Gasteiger partial charge in [-0.3, -0.25) is 14.6 Å². The van der Waals surface area contributed by atoms with E-state index < -0.39 is 42.1 Å². The third-order valence-electron chi connectivity index (χ3n) is 8.07. The second-order valence-electron chi connectivity index (χ2n) is 11.1. The first-order valence-corrected chi connectivity index (χ1v) is 14.4. The van der Waals surface area contributed by atoms with Crippen LogP contribution in [0.15, 0.2) is 30.3 Å². The Kier molecular flexibility index (Phi) is 9.06. The monoisotopic (exact) mass is 632 g/mol. The molecule has 1 amide bonds. The second kappa shape index (κ2) is 12.3. The number of nitrogens with zero attached hydrogens (tertiary/aromatic N) is 2. The van der Waals surface area contributed by atoms with E-state index in [9.17, 15) is 27.9 Å². The van der Waals surface area contributed by atoms with Crippen molar-refractivity contribution in [1.29, 1.82) is 0 Å². The van der Waals surface area contributed by atoms with Crippen LogP contribution in [0.1, 0.15) is 71.6 Å². The van der Waals surface area contributed by atoms with Gasteiger partial charge in [0.2, 0.25) is 0 Å². The molecule has 0 unspecified atom stereocenters. The van der Waals surface area contributed by atoms with Gasteiger partial charge < -0.3 is 14.6 Å². The Hall–Kier alpha value is -2.44. The first-order chi connectivity index (χ1) is 19.8. The summed E-state index contributed by atoms with van der Waals surface area (Å²) < 4.78 is 68.9. The van der Waals surface area contributed by atoms with Crippen LogP contribution in [0.5, 0.6) is 0 Å². The minimum Gasteiger partial charge on any atom is -0.480 e. The van der Waals surface area contributed by atoms with Crippen molar-refractivity contribution in [2.45, 2.75) is 75.6 Å². The van der Waals surface area contributed by atoms with Crippen LogP contribution in [-0.4, -0.2) is 71.0 Å². The number of ether oxygens (including phenoxy) is 2. The van der Waals surface area contributed by atoms with E-state index >= 15 is 4.39 Å². The summed E-state index contributed by atoms with van der Waals surface area (Å²) in [4.78, 5) is 27.2. The van der Waals surface area contributed by atoms with E-state index in [2.05, 4.69) is 0 Å². The van der Waals surface area contributed by atoms with E-state index in [1.807, 2.05) is 0 Å². The number of carboxylic acids is 1. The van der Waals surface area contributed by atoms with Crippen molar-refractivity contribution in [3.05, 3.63) is 68.4 Å². The highest BCUT2D eigenvalue weighted by Gasteiger charge is 2.46. The van der Waals surface area contributed by atoms with Crippen molar-refractivity contribution in [3.8, 4) is 0 Å². The summed E-state index contributed by atoms with van der Waals surface area (Å²) in [5, 5.41) is 9.78. The number of amides is 1. The van der Waals surface area contributed by atoms with Crippen molar-refractivity contribution < 1.29 is 41.7 Å². The van der Waals surface area contributed by atoms with Gasteiger partial charge in [0.1, 0.15) is 18.6 Å². The van der Waals surface area contributed by atoms with E-state index in [0.29, 0.717) is 18.4 Å². The van der Waals surface area contributed by atoms with E-state index in [1.54, 1.807) is 6.92 Å². The average Bonchev–Trinajstić information content (AvgIpc) is 3.67. The predicted molar refractivity (Wildman–Crippen MR) is 146 cm³/mol. The van der Waals surface area contributed by atoms with Gasteiger partial charge in [-0.05, 0) is 85.5 Å². The van der Waals surface area contributed by atoms with Crippen LogP contribution >= 0.6 is 23.2 Å². The van der Waals surface area contributed by atoms with Gasteiger partial charge in [-0.2, -0.15) is 13.2 Å². The fourth-order valence-electron chi connectivity index (χ4n) is 5.84. The molecule has 0 spiro atoms. The third kappa shape index (κ3) is 6.70. The lowest BCUT2D eigenvalue weighted by molar-refractivity contribution is -0.192. The van der Waals surface area contributed by atoms with Crippen molar-refractivity contribution in [1.82, 2.24) is 9.80 Å². The zero-order valence-electron chi connectivity index (χ0n) is 22.7. The Morgan fingerprint density at radius 2 is 1.71 bits per heavy atom. The quantitative estimate of drug-likeness (QED) is 0.332. The highest BCUT2D eigenvalue weighted by Crippen LogP contribution is 2.44. The summed E-state index contributed by atoms with van der Waals surface area (Å²) in [6, 6.07) is 3.57. The standard InChI is InChI=1S/C29H30Cl2F4N2O5/c1-15-25(28(39)40)37(14-42-15)27(38)23-12-22(16-2-3-16)18(10-24(23)32)13-41-21-4-6-36(7-5-21)26(29(33,34)35)17-8-19(30)11-20(31)9-17/h8-12,15-16,21,25-26H,2-7,13-14H2,1H3,(H,39,40)/t15-,25+,26-/m1/s1. The molecule has 2 heterocycles. The zero-order valence-corrected chi connectivity index (χ0v) is 24.2. The Morgan fingerprint density at radius 1 is 1.07 bits per heavy atom. The van der Waals surface area contributed by atoms with Gasteiger partial charge in [0.25, 0.3) is 5.91 Å². The summed E-state index contributed by atoms with van der Waals surface area (Å²) in [5.74, 6) is -2.66. The molecular weight excluding hydrogens is 603 g/mol. The lowest BCUT2D eigenvalue weighted by Gasteiger charge is -2.38. The van der Waals surface area contributed by atoms with Gasteiger partial charge in [0.05, 0.1) is 24.4 Å². The molecule has 0 aromatic heterocycles. The molecule has 0 radical (unpaired) electrons. The molecule has 42 heavy (non-hydrogen) atoms. The Bertz CT molecular complexity index is 1330. The van der Waals surface area contributed by atoms with E-state index in [-0.39, 0.29) is 59.6 Å². The lowest BCUT2D eigenvalue weighted by atomic mass is 9.98. The molecule has 228 valence electrons. The Labute approximate surface area is 250 Å². The van der Waals surface area contributed by atoms with Gasteiger partial charge >= 0.3 is 12.1 Å². The second-order valence-corrected chi connectivity index (χ2v) is 11.9. The number of benzene rings is 2.